The van der Waals surface area contributed by atoms with E-state index in [9.17, 15) is 5.11 Å². The van der Waals surface area contributed by atoms with Gasteiger partial charge in [-0.2, -0.15) is 0 Å². The molecule has 4 heteroatoms. The average Bonchev–Trinajstić information content (AvgIpc) is 2.72. The fraction of sp³-hybridized carbons (Fsp3) is 0.280. The van der Waals surface area contributed by atoms with E-state index in [1.807, 2.05) is 25.1 Å². The van der Waals surface area contributed by atoms with Gasteiger partial charge in [0.1, 0.15) is 30.8 Å². The first-order valence-electron chi connectivity index (χ1n) is 9.78. The highest BCUT2D eigenvalue weighted by Crippen LogP contribution is 2.30. The van der Waals surface area contributed by atoms with Crippen molar-refractivity contribution in [1.82, 2.24) is 0 Å². The van der Waals surface area contributed by atoms with Gasteiger partial charge in [-0.25, -0.2) is 0 Å². The minimum atomic E-state index is -0.871. The zero-order valence-electron chi connectivity index (χ0n) is 17.2. The number of hydrogen-bond donors (Lipinski definition) is 2. The van der Waals surface area contributed by atoms with Gasteiger partial charge in [0.15, 0.2) is 0 Å². The molecule has 0 heterocycles. The first-order chi connectivity index (χ1) is 14.0. The van der Waals surface area contributed by atoms with Crippen molar-refractivity contribution >= 4 is 0 Å². The van der Waals surface area contributed by atoms with Crippen molar-refractivity contribution in [1.29, 1.82) is 0 Å². The summed E-state index contributed by atoms with van der Waals surface area (Å²) in [5.74, 6) is 1.58. The van der Waals surface area contributed by atoms with Crippen LogP contribution in [-0.2, 0) is 6.61 Å². The van der Waals surface area contributed by atoms with E-state index in [4.69, 9.17) is 14.6 Å². The lowest BCUT2D eigenvalue weighted by molar-refractivity contribution is 0.0534. The Kier molecular flexibility index (Phi) is 6.91. The molecule has 0 aliphatic carbocycles. The van der Waals surface area contributed by atoms with E-state index >= 15 is 0 Å². The van der Waals surface area contributed by atoms with Crippen LogP contribution in [0.25, 0.3) is 11.1 Å². The summed E-state index contributed by atoms with van der Waals surface area (Å²) < 4.78 is 11.6. The van der Waals surface area contributed by atoms with Crippen molar-refractivity contribution in [2.75, 3.05) is 13.2 Å². The standard InChI is InChI=1S/C25H28O4/c1-17-4-6-20(7-5-17)15-28-24-10-8-21(12-18(24)2)22-9-11-25(19(3)13-22)29-16-23(27)14-26/h4-13,23,26-27H,14-16H2,1-3H3. The predicted octanol–water partition coefficient (Wildman–Crippen LogP) is 4.59. The molecule has 1 atom stereocenters. The van der Waals surface area contributed by atoms with Gasteiger partial charge in [0.2, 0.25) is 0 Å². The third-order valence-electron chi connectivity index (χ3n) is 4.84. The van der Waals surface area contributed by atoms with E-state index in [2.05, 4.69) is 56.3 Å². The molecule has 29 heavy (non-hydrogen) atoms. The number of aliphatic hydroxyl groups excluding tert-OH is 2. The van der Waals surface area contributed by atoms with E-state index in [1.165, 1.54) is 5.56 Å². The molecule has 0 spiro atoms. The molecule has 0 saturated heterocycles. The molecule has 0 fully saturated rings. The molecule has 2 N–H and O–H groups in total. The zero-order chi connectivity index (χ0) is 20.8. The first kappa shape index (κ1) is 20.9. The van der Waals surface area contributed by atoms with Crippen LogP contribution in [0.3, 0.4) is 0 Å². The minimum Gasteiger partial charge on any atom is -0.491 e. The van der Waals surface area contributed by atoms with Crippen LogP contribution in [0.15, 0.2) is 60.7 Å². The van der Waals surface area contributed by atoms with Crippen molar-refractivity contribution in [3.8, 4) is 22.6 Å². The number of ether oxygens (including phenoxy) is 2. The second kappa shape index (κ2) is 9.59. The number of rotatable bonds is 8. The molecular formula is C25H28O4. The molecule has 0 amide bonds. The molecule has 152 valence electrons. The maximum Gasteiger partial charge on any atom is 0.122 e. The lowest BCUT2D eigenvalue weighted by Crippen LogP contribution is -2.21. The molecule has 0 saturated carbocycles. The summed E-state index contributed by atoms with van der Waals surface area (Å²) in [6.07, 6.45) is -0.871. The zero-order valence-corrected chi connectivity index (χ0v) is 17.2. The van der Waals surface area contributed by atoms with Gasteiger partial charge in [-0.3, -0.25) is 0 Å². The summed E-state index contributed by atoms with van der Waals surface area (Å²) in [4.78, 5) is 0. The van der Waals surface area contributed by atoms with Gasteiger partial charge in [0.05, 0.1) is 6.61 Å². The number of aliphatic hydroxyl groups is 2. The molecule has 0 bridgehead atoms. The van der Waals surface area contributed by atoms with Gasteiger partial charge < -0.3 is 19.7 Å². The highest BCUT2D eigenvalue weighted by molar-refractivity contribution is 5.67. The smallest absolute Gasteiger partial charge is 0.122 e. The van der Waals surface area contributed by atoms with Gasteiger partial charge in [0, 0.05) is 0 Å². The van der Waals surface area contributed by atoms with Gasteiger partial charge in [-0.15, -0.1) is 0 Å². The Balaban J connectivity index is 1.69. The molecule has 4 nitrogen and oxygen atoms in total. The van der Waals surface area contributed by atoms with Crippen molar-refractivity contribution in [2.45, 2.75) is 33.5 Å². The molecular weight excluding hydrogens is 364 g/mol. The lowest BCUT2D eigenvalue weighted by Gasteiger charge is -2.14. The summed E-state index contributed by atoms with van der Waals surface area (Å²) in [7, 11) is 0. The van der Waals surface area contributed by atoms with Gasteiger partial charge >= 0.3 is 0 Å². The quantitative estimate of drug-likeness (QED) is 0.589. The van der Waals surface area contributed by atoms with Crippen LogP contribution in [-0.4, -0.2) is 29.5 Å². The van der Waals surface area contributed by atoms with E-state index in [0.29, 0.717) is 12.4 Å². The van der Waals surface area contributed by atoms with E-state index in [1.54, 1.807) is 0 Å². The second-order valence-corrected chi connectivity index (χ2v) is 7.38. The Labute approximate surface area is 172 Å². The van der Waals surface area contributed by atoms with Crippen molar-refractivity contribution in [3.05, 3.63) is 82.9 Å². The van der Waals surface area contributed by atoms with Crippen LogP contribution >= 0.6 is 0 Å². The van der Waals surface area contributed by atoms with Crippen molar-refractivity contribution in [3.63, 3.8) is 0 Å². The Bertz CT molecular complexity index is 948. The first-order valence-corrected chi connectivity index (χ1v) is 9.78. The van der Waals surface area contributed by atoms with Gasteiger partial charge in [0.25, 0.3) is 0 Å². The third kappa shape index (κ3) is 5.59. The van der Waals surface area contributed by atoms with E-state index < -0.39 is 6.10 Å². The minimum absolute atomic E-state index is 0.0722. The van der Waals surface area contributed by atoms with Gasteiger partial charge in [-0.1, -0.05) is 42.0 Å². The second-order valence-electron chi connectivity index (χ2n) is 7.38. The van der Waals surface area contributed by atoms with Crippen LogP contribution in [0.4, 0.5) is 0 Å². The fourth-order valence-electron chi connectivity index (χ4n) is 3.07. The van der Waals surface area contributed by atoms with Gasteiger partial charge in [-0.05, 0) is 72.9 Å². The highest BCUT2D eigenvalue weighted by atomic mass is 16.5. The third-order valence-corrected chi connectivity index (χ3v) is 4.84. The molecule has 1 unspecified atom stereocenters. The normalized spacial score (nSPS) is 11.9. The van der Waals surface area contributed by atoms with Crippen LogP contribution in [0.2, 0.25) is 0 Å². The predicted molar refractivity (Wildman–Crippen MR) is 115 cm³/mol. The topological polar surface area (TPSA) is 58.9 Å². The number of hydrogen-bond acceptors (Lipinski definition) is 4. The summed E-state index contributed by atoms with van der Waals surface area (Å²) in [6, 6.07) is 20.5. The molecule has 3 rings (SSSR count). The summed E-state index contributed by atoms with van der Waals surface area (Å²) in [5.41, 5.74) is 6.65. The van der Waals surface area contributed by atoms with E-state index in [0.717, 1.165) is 33.6 Å². The molecule has 0 aliphatic heterocycles. The summed E-state index contributed by atoms with van der Waals surface area (Å²) >= 11 is 0. The fourth-order valence-corrected chi connectivity index (χ4v) is 3.07. The highest BCUT2D eigenvalue weighted by Gasteiger charge is 2.08. The maximum absolute atomic E-state index is 9.44. The van der Waals surface area contributed by atoms with Crippen LogP contribution in [0, 0.1) is 20.8 Å². The largest absolute Gasteiger partial charge is 0.491 e. The van der Waals surface area contributed by atoms with Crippen LogP contribution in [0.5, 0.6) is 11.5 Å². The Morgan fingerprint density at radius 2 is 1.31 bits per heavy atom. The Morgan fingerprint density at radius 3 is 1.83 bits per heavy atom. The molecule has 0 aliphatic rings. The van der Waals surface area contributed by atoms with Crippen LogP contribution < -0.4 is 9.47 Å². The van der Waals surface area contributed by atoms with Crippen molar-refractivity contribution in [2.24, 2.45) is 0 Å². The molecule has 3 aromatic rings. The molecule has 0 aromatic heterocycles. The average molecular weight is 392 g/mol. The monoisotopic (exact) mass is 392 g/mol. The number of aryl methyl sites for hydroxylation is 3. The molecule has 3 aromatic carbocycles. The lowest BCUT2D eigenvalue weighted by atomic mass is 10.0. The Hall–Kier alpha value is -2.82. The SMILES string of the molecule is Cc1ccc(COc2ccc(-c3ccc(OCC(O)CO)c(C)c3)cc2C)cc1. The molecule has 0 radical (unpaired) electrons. The van der Waals surface area contributed by atoms with E-state index in [-0.39, 0.29) is 13.2 Å². The Morgan fingerprint density at radius 1 is 0.759 bits per heavy atom. The summed E-state index contributed by atoms with van der Waals surface area (Å²) in [5, 5.41) is 18.3. The van der Waals surface area contributed by atoms with Crippen molar-refractivity contribution < 1.29 is 19.7 Å². The summed E-state index contributed by atoms with van der Waals surface area (Å²) in [6.45, 7) is 6.40. The number of benzene rings is 3. The maximum atomic E-state index is 9.44. The van der Waals surface area contributed by atoms with Crippen LogP contribution in [0.1, 0.15) is 22.3 Å².